The average molecular weight is 268 g/mol. The van der Waals surface area contributed by atoms with Crippen molar-refractivity contribution in [2.24, 2.45) is 5.92 Å². The molecule has 106 valence electrons. The third-order valence-electron chi connectivity index (χ3n) is 3.48. The Labute approximate surface area is 122 Å². The molecule has 0 bridgehead atoms. The molecule has 2 nitrogen and oxygen atoms in total. The Hall–Kier alpha value is -1.72. The molecule has 0 atom stereocenters. The summed E-state index contributed by atoms with van der Waals surface area (Å²) in [7, 11) is 0. The van der Waals surface area contributed by atoms with Crippen LogP contribution in [0.5, 0.6) is 0 Å². The van der Waals surface area contributed by atoms with E-state index in [-0.39, 0.29) is 0 Å². The molecule has 0 unspecified atom stereocenters. The van der Waals surface area contributed by atoms with Crippen LogP contribution >= 0.6 is 0 Å². The Morgan fingerprint density at radius 2 is 2.10 bits per heavy atom. The lowest BCUT2D eigenvalue weighted by Crippen LogP contribution is -2.21. The van der Waals surface area contributed by atoms with E-state index in [1.807, 2.05) is 0 Å². The van der Waals surface area contributed by atoms with Gasteiger partial charge in [0.2, 0.25) is 0 Å². The highest BCUT2D eigenvalue weighted by molar-refractivity contribution is 5.84. The molecule has 0 amide bonds. The van der Waals surface area contributed by atoms with Gasteiger partial charge >= 0.3 is 0 Å². The molecule has 1 aromatic heterocycles. The van der Waals surface area contributed by atoms with Crippen LogP contribution in [-0.4, -0.2) is 17.7 Å². The predicted molar refractivity (Wildman–Crippen MR) is 86.8 cm³/mol. The summed E-state index contributed by atoms with van der Waals surface area (Å²) < 4.78 is 2.17. The number of para-hydroxylation sites is 1. The minimum Gasteiger partial charge on any atom is -0.336 e. The van der Waals surface area contributed by atoms with E-state index in [1.165, 1.54) is 16.5 Å². The highest BCUT2D eigenvalue weighted by Gasteiger charge is 2.06. The molecular weight excluding hydrogens is 244 g/mol. The Bertz CT molecular complexity index is 587. The van der Waals surface area contributed by atoms with Gasteiger partial charge in [-0.2, -0.15) is 0 Å². The van der Waals surface area contributed by atoms with E-state index in [1.54, 1.807) is 0 Å². The summed E-state index contributed by atoms with van der Waals surface area (Å²) in [5.41, 5.74) is 2.65. The minimum atomic E-state index is 0.645. The molecule has 0 saturated carbocycles. The fraction of sp³-hybridized carbons (Fsp3) is 0.444. The number of fused-ring (bicyclic) bond motifs is 1. The van der Waals surface area contributed by atoms with Gasteiger partial charge in [0.25, 0.3) is 0 Å². The monoisotopic (exact) mass is 268 g/mol. The van der Waals surface area contributed by atoms with Crippen molar-refractivity contribution in [2.75, 3.05) is 13.1 Å². The number of aromatic nitrogens is 1. The van der Waals surface area contributed by atoms with Gasteiger partial charge < -0.3 is 9.88 Å². The molecule has 2 heteroatoms. The van der Waals surface area contributed by atoms with Gasteiger partial charge in [0.1, 0.15) is 0 Å². The lowest BCUT2D eigenvalue weighted by molar-refractivity contribution is 0.543. The van der Waals surface area contributed by atoms with Crippen molar-refractivity contribution in [3.63, 3.8) is 0 Å². The second-order valence-corrected chi connectivity index (χ2v) is 5.71. The van der Waals surface area contributed by atoms with Crippen molar-refractivity contribution >= 4 is 10.9 Å². The van der Waals surface area contributed by atoms with Crippen molar-refractivity contribution in [3.8, 4) is 12.3 Å². The van der Waals surface area contributed by atoms with Gasteiger partial charge in [0.05, 0.1) is 6.54 Å². The smallest absolute Gasteiger partial charge is 0.0835 e. The number of rotatable bonds is 7. The van der Waals surface area contributed by atoms with Crippen LogP contribution in [0.1, 0.15) is 25.8 Å². The molecule has 2 rings (SSSR count). The van der Waals surface area contributed by atoms with Crippen molar-refractivity contribution in [1.82, 2.24) is 9.88 Å². The lowest BCUT2D eigenvalue weighted by Gasteiger charge is -2.06. The summed E-state index contributed by atoms with van der Waals surface area (Å²) in [5.74, 6) is 3.44. The SMILES string of the molecule is C#CCn1cc(CCCNCC(C)C)c2ccccc21. The predicted octanol–water partition coefficient (Wildman–Crippen LogP) is 3.45. The second-order valence-electron chi connectivity index (χ2n) is 5.71. The molecule has 1 N–H and O–H groups in total. The first-order chi connectivity index (χ1) is 9.72. The van der Waals surface area contributed by atoms with Crippen LogP contribution in [0.2, 0.25) is 0 Å². The standard InChI is InChI=1S/C18H24N2/c1-4-12-20-14-16(8-7-11-19-13-15(2)3)17-9-5-6-10-18(17)20/h1,5-6,9-10,14-15,19H,7-8,11-13H2,2-3H3. The van der Waals surface area contributed by atoms with Gasteiger partial charge in [-0.25, -0.2) is 0 Å². The third kappa shape index (κ3) is 3.65. The molecule has 20 heavy (non-hydrogen) atoms. The molecule has 1 aromatic carbocycles. The zero-order chi connectivity index (χ0) is 14.4. The molecule has 0 aliphatic rings. The fourth-order valence-corrected chi connectivity index (χ4v) is 2.55. The molecule has 0 fully saturated rings. The highest BCUT2D eigenvalue weighted by Crippen LogP contribution is 2.22. The van der Waals surface area contributed by atoms with Crippen LogP contribution in [0.3, 0.4) is 0 Å². The minimum absolute atomic E-state index is 0.645. The zero-order valence-corrected chi connectivity index (χ0v) is 12.5. The third-order valence-corrected chi connectivity index (χ3v) is 3.48. The number of terminal acetylenes is 1. The van der Waals surface area contributed by atoms with E-state index in [4.69, 9.17) is 6.42 Å². The fourth-order valence-electron chi connectivity index (χ4n) is 2.55. The van der Waals surface area contributed by atoms with E-state index < -0.39 is 0 Å². The first-order valence-electron chi connectivity index (χ1n) is 7.43. The normalized spacial score (nSPS) is 11.1. The maximum absolute atomic E-state index is 5.45. The molecule has 0 aliphatic carbocycles. The molecule has 0 aliphatic heterocycles. The van der Waals surface area contributed by atoms with E-state index in [2.05, 4.69) is 60.1 Å². The Balaban J connectivity index is 2.01. The summed E-state index contributed by atoms with van der Waals surface area (Å²) in [6.07, 6.45) is 9.93. The van der Waals surface area contributed by atoms with Crippen LogP contribution in [0.4, 0.5) is 0 Å². The van der Waals surface area contributed by atoms with Gasteiger partial charge in [0.15, 0.2) is 0 Å². The van der Waals surface area contributed by atoms with Crippen LogP contribution in [-0.2, 0) is 13.0 Å². The zero-order valence-electron chi connectivity index (χ0n) is 12.5. The van der Waals surface area contributed by atoms with Crippen LogP contribution in [0.15, 0.2) is 30.5 Å². The van der Waals surface area contributed by atoms with E-state index in [0.717, 1.165) is 25.9 Å². The Kier molecular flexibility index (Phi) is 5.26. The summed E-state index contributed by atoms with van der Waals surface area (Å²) in [6.45, 7) is 7.29. The maximum Gasteiger partial charge on any atom is 0.0835 e. The quantitative estimate of drug-likeness (QED) is 0.601. The molecule has 1 heterocycles. The summed E-state index contributed by atoms with van der Waals surface area (Å²) in [4.78, 5) is 0. The number of nitrogens with zero attached hydrogens (tertiary/aromatic N) is 1. The summed E-state index contributed by atoms with van der Waals surface area (Å²) >= 11 is 0. The van der Waals surface area contributed by atoms with Gasteiger partial charge in [-0.1, -0.05) is 38.0 Å². The van der Waals surface area contributed by atoms with E-state index in [0.29, 0.717) is 12.5 Å². The topological polar surface area (TPSA) is 17.0 Å². The van der Waals surface area contributed by atoms with Gasteiger partial charge in [-0.15, -0.1) is 6.42 Å². The summed E-state index contributed by atoms with van der Waals surface area (Å²) in [5, 5.41) is 4.84. The van der Waals surface area contributed by atoms with Crippen LogP contribution in [0, 0.1) is 18.3 Å². The lowest BCUT2D eigenvalue weighted by atomic mass is 10.1. The average Bonchev–Trinajstić information content (AvgIpc) is 2.77. The van der Waals surface area contributed by atoms with Crippen LogP contribution in [0.25, 0.3) is 10.9 Å². The molecule has 0 saturated heterocycles. The molecule has 0 spiro atoms. The van der Waals surface area contributed by atoms with Crippen molar-refractivity contribution in [3.05, 3.63) is 36.0 Å². The van der Waals surface area contributed by atoms with Crippen molar-refractivity contribution in [1.29, 1.82) is 0 Å². The van der Waals surface area contributed by atoms with E-state index in [9.17, 15) is 0 Å². The maximum atomic E-state index is 5.45. The Morgan fingerprint density at radius 3 is 2.85 bits per heavy atom. The second kappa shape index (κ2) is 7.17. The largest absolute Gasteiger partial charge is 0.336 e. The number of hydrogen-bond acceptors (Lipinski definition) is 1. The van der Waals surface area contributed by atoms with Gasteiger partial charge in [-0.3, -0.25) is 0 Å². The van der Waals surface area contributed by atoms with Crippen molar-refractivity contribution in [2.45, 2.75) is 33.2 Å². The first kappa shape index (κ1) is 14.7. The highest BCUT2D eigenvalue weighted by atomic mass is 14.9. The molecule has 0 radical (unpaired) electrons. The summed E-state index contributed by atoms with van der Waals surface area (Å²) in [6, 6.07) is 8.51. The van der Waals surface area contributed by atoms with Gasteiger partial charge in [0, 0.05) is 17.1 Å². The van der Waals surface area contributed by atoms with Gasteiger partial charge in [-0.05, 0) is 43.5 Å². The Morgan fingerprint density at radius 1 is 1.30 bits per heavy atom. The molecule has 2 aromatic rings. The first-order valence-corrected chi connectivity index (χ1v) is 7.43. The number of hydrogen-bond donors (Lipinski definition) is 1. The van der Waals surface area contributed by atoms with Crippen molar-refractivity contribution < 1.29 is 0 Å². The van der Waals surface area contributed by atoms with E-state index >= 15 is 0 Å². The number of aryl methyl sites for hydroxylation is 1. The number of nitrogens with one attached hydrogen (secondary N) is 1. The number of benzene rings is 1. The molecular formula is C18H24N2. The van der Waals surface area contributed by atoms with Crippen LogP contribution < -0.4 is 5.32 Å².